The maximum atomic E-state index is 13.1. The van der Waals surface area contributed by atoms with Gasteiger partial charge in [-0.25, -0.2) is 4.39 Å². The first-order valence-electron chi connectivity index (χ1n) is 7.82. The van der Waals surface area contributed by atoms with Gasteiger partial charge in [-0.3, -0.25) is 15.6 Å². The van der Waals surface area contributed by atoms with Gasteiger partial charge in [0.1, 0.15) is 11.6 Å². The Labute approximate surface area is 161 Å². The van der Waals surface area contributed by atoms with Crippen molar-refractivity contribution in [2.24, 2.45) is 0 Å². The van der Waals surface area contributed by atoms with Crippen molar-refractivity contribution in [1.29, 1.82) is 0 Å². The molecule has 2 rings (SSSR count). The van der Waals surface area contributed by atoms with E-state index in [4.69, 9.17) is 28.6 Å². The molecule has 5 nitrogen and oxygen atoms in total. The number of hydrogen-bond acceptors (Lipinski definition) is 3. The Balaban J connectivity index is 1.85. The van der Waals surface area contributed by atoms with E-state index in [1.807, 2.05) is 32.0 Å². The van der Waals surface area contributed by atoms with E-state index >= 15 is 0 Å². The number of carbonyl (C=O) groups is 1. The lowest BCUT2D eigenvalue weighted by Gasteiger charge is -2.18. The second-order valence-electron chi connectivity index (χ2n) is 5.66. The van der Waals surface area contributed by atoms with E-state index < -0.39 is 17.8 Å². The molecule has 0 spiro atoms. The average Bonchev–Trinajstić information content (AvgIpc) is 2.60. The van der Waals surface area contributed by atoms with Crippen molar-refractivity contribution < 1.29 is 13.9 Å². The van der Waals surface area contributed by atoms with E-state index in [2.05, 4.69) is 16.2 Å². The van der Waals surface area contributed by atoms with Gasteiger partial charge in [0.15, 0.2) is 11.2 Å². The van der Waals surface area contributed by atoms with E-state index in [1.54, 1.807) is 6.92 Å². The standard InChI is InChI=1S/C18H19ClFN3O2S/c1-10-5-4-6-16(11(10)2)25-12(3)17(24)22-23-18(26)21-13-7-8-15(20)14(19)9-13/h4-9,12H,1-3H3,(H,22,24)(H2,21,23,26)/t12-/m0/s1. The highest BCUT2D eigenvalue weighted by Gasteiger charge is 2.16. The first-order valence-corrected chi connectivity index (χ1v) is 8.61. The number of hydrazine groups is 1. The molecule has 0 aliphatic carbocycles. The third-order valence-corrected chi connectivity index (χ3v) is 4.20. The van der Waals surface area contributed by atoms with E-state index in [0.717, 1.165) is 11.1 Å². The molecule has 1 amide bonds. The molecule has 8 heteroatoms. The van der Waals surface area contributed by atoms with Crippen molar-refractivity contribution >= 4 is 40.5 Å². The fraction of sp³-hybridized carbons (Fsp3) is 0.222. The summed E-state index contributed by atoms with van der Waals surface area (Å²) in [6.45, 7) is 5.54. The Bertz CT molecular complexity index is 832. The maximum Gasteiger partial charge on any atom is 0.279 e. The Morgan fingerprint density at radius 3 is 2.65 bits per heavy atom. The zero-order valence-electron chi connectivity index (χ0n) is 14.5. The molecule has 3 N–H and O–H groups in total. The highest BCUT2D eigenvalue weighted by Crippen LogP contribution is 2.22. The van der Waals surface area contributed by atoms with Crippen LogP contribution in [0.1, 0.15) is 18.1 Å². The molecular weight excluding hydrogens is 377 g/mol. The van der Waals surface area contributed by atoms with Crippen LogP contribution in [0, 0.1) is 19.7 Å². The molecule has 2 aromatic rings. The second-order valence-corrected chi connectivity index (χ2v) is 6.47. The zero-order chi connectivity index (χ0) is 19.3. The molecule has 0 saturated carbocycles. The quantitative estimate of drug-likeness (QED) is 0.541. The minimum absolute atomic E-state index is 0.0302. The van der Waals surface area contributed by atoms with Crippen molar-refractivity contribution in [2.75, 3.05) is 5.32 Å². The third-order valence-electron chi connectivity index (χ3n) is 3.70. The summed E-state index contributed by atoms with van der Waals surface area (Å²) < 4.78 is 18.8. The van der Waals surface area contributed by atoms with Gasteiger partial charge in [-0.05, 0) is 68.4 Å². The van der Waals surface area contributed by atoms with Crippen LogP contribution < -0.4 is 20.9 Å². The number of hydrogen-bond donors (Lipinski definition) is 3. The van der Waals surface area contributed by atoms with Gasteiger partial charge in [-0.15, -0.1) is 0 Å². The molecule has 1 atom stereocenters. The molecule has 0 saturated heterocycles. The van der Waals surface area contributed by atoms with Crippen molar-refractivity contribution in [3.8, 4) is 5.75 Å². The number of anilines is 1. The zero-order valence-corrected chi connectivity index (χ0v) is 16.1. The minimum atomic E-state index is -0.730. The minimum Gasteiger partial charge on any atom is -0.481 e. The number of benzene rings is 2. The third kappa shape index (κ3) is 5.31. The number of carbonyl (C=O) groups excluding carboxylic acids is 1. The van der Waals surface area contributed by atoms with Crippen LogP contribution >= 0.6 is 23.8 Å². The fourth-order valence-corrected chi connectivity index (χ4v) is 2.40. The van der Waals surface area contributed by atoms with Gasteiger partial charge < -0.3 is 10.1 Å². The summed E-state index contributed by atoms with van der Waals surface area (Å²) in [4.78, 5) is 12.1. The lowest BCUT2D eigenvalue weighted by atomic mass is 10.1. The molecule has 0 heterocycles. The van der Waals surface area contributed by atoms with Crippen molar-refractivity contribution in [3.63, 3.8) is 0 Å². The number of amides is 1. The predicted octanol–water partition coefficient (Wildman–Crippen LogP) is 3.88. The lowest BCUT2D eigenvalue weighted by Crippen LogP contribution is -2.48. The summed E-state index contributed by atoms with van der Waals surface area (Å²) in [5, 5.41) is 2.88. The van der Waals surface area contributed by atoms with Gasteiger partial charge >= 0.3 is 0 Å². The van der Waals surface area contributed by atoms with Crippen LogP contribution in [0.25, 0.3) is 0 Å². The number of ether oxygens (including phenoxy) is 1. The van der Waals surface area contributed by atoms with Crippen LogP contribution in [0.15, 0.2) is 36.4 Å². The van der Waals surface area contributed by atoms with Crippen molar-refractivity contribution in [1.82, 2.24) is 10.9 Å². The smallest absolute Gasteiger partial charge is 0.279 e. The summed E-state index contributed by atoms with van der Waals surface area (Å²) >= 11 is 10.8. The number of rotatable bonds is 4. The largest absolute Gasteiger partial charge is 0.481 e. The Kier molecular flexibility index (Phi) is 6.76. The second kappa shape index (κ2) is 8.82. The molecule has 0 bridgehead atoms. The normalized spacial score (nSPS) is 11.4. The monoisotopic (exact) mass is 395 g/mol. The first-order chi connectivity index (χ1) is 12.3. The summed E-state index contributed by atoms with van der Waals surface area (Å²) in [6.07, 6.45) is -0.730. The van der Waals surface area contributed by atoms with Crippen LogP contribution in [0.3, 0.4) is 0 Å². The Morgan fingerprint density at radius 1 is 1.23 bits per heavy atom. The SMILES string of the molecule is Cc1cccc(O[C@@H](C)C(=O)NNC(=S)Nc2ccc(F)c(Cl)c2)c1C. The van der Waals surface area contributed by atoms with Crippen LogP contribution in [0.2, 0.25) is 5.02 Å². The van der Waals surface area contributed by atoms with E-state index in [1.165, 1.54) is 18.2 Å². The summed E-state index contributed by atoms with van der Waals surface area (Å²) in [5.74, 6) is -0.275. The molecule has 26 heavy (non-hydrogen) atoms. The van der Waals surface area contributed by atoms with Crippen molar-refractivity contribution in [3.05, 3.63) is 58.4 Å². The molecule has 0 fully saturated rings. The highest BCUT2D eigenvalue weighted by atomic mass is 35.5. The van der Waals surface area contributed by atoms with E-state index in [0.29, 0.717) is 11.4 Å². The van der Waals surface area contributed by atoms with Gasteiger partial charge in [-0.2, -0.15) is 0 Å². The van der Waals surface area contributed by atoms with Gasteiger partial charge in [0.2, 0.25) is 0 Å². The Morgan fingerprint density at radius 2 is 1.96 bits per heavy atom. The number of nitrogens with one attached hydrogen (secondary N) is 3. The van der Waals surface area contributed by atoms with Crippen LogP contribution in [-0.4, -0.2) is 17.1 Å². The van der Waals surface area contributed by atoms with Crippen molar-refractivity contribution in [2.45, 2.75) is 26.9 Å². The summed E-state index contributed by atoms with van der Waals surface area (Å²) in [5.41, 5.74) is 7.57. The molecule has 0 aliphatic heterocycles. The van der Waals surface area contributed by atoms with Crippen LogP contribution in [0.5, 0.6) is 5.75 Å². The van der Waals surface area contributed by atoms with Crippen LogP contribution in [-0.2, 0) is 4.79 Å². The molecule has 138 valence electrons. The highest BCUT2D eigenvalue weighted by molar-refractivity contribution is 7.80. The van der Waals surface area contributed by atoms with Gasteiger partial charge in [0, 0.05) is 5.69 Å². The number of thiocarbonyl (C=S) groups is 1. The number of aryl methyl sites for hydroxylation is 1. The number of halogens is 2. The lowest BCUT2D eigenvalue weighted by molar-refractivity contribution is -0.127. The van der Waals surface area contributed by atoms with Gasteiger partial charge in [0.25, 0.3) is 5.91 Å². The topological polar surface area (TPSA) is 62.4 Å². The molecular formula is C18H19ClFN3O2S. The maximum absolute atomic E-state index is 13.1. The van der Waals surface area contributed by atoms with Gasteiger partial charge in [0.05, 0.1) is 5.02 Å². The van der Waals surface area contributed by atoms with Crippen LogP contribution in [0.4, 0.5) is 10.1 Å². The summed E-state index contributed by atoms with van der Waals surface area (Å²) in [6, 6.07) is 9.73. The van der Waals surface area contributed by atoms with E-state index in [9.17, 15) is 9.18 Å². The predicted molar refractivity (Wildman–Crippen MR) is 105 cm³/mol. The molecule has 0 aliphatic rings. The molecule has 0 radical (unpaired) electrons. The van der Waals surface area contributed by atoms with Gasteiger partial charge in [-0.1, -0.05) is 23.7 Å². The Hall–Kier alpha value is -2.38. The first kappa shape index (κ1) is 19.9. The molecule has 2 aromatic carbocycles. The average molecular weight is 396 g/mol. The fourth-order valence-electron chi connectivity index (χ4n) is 2.05. The summed E-state index contributed by atoms with van der Waals surface area (Å²) in [7, 11) is 0. The van der Waals surface area contributed by atoms with E-state index in [-0.39, 0.29) is 10.1 Å². The molecule has 0 aromatic heterocycles. The molecule has 0 unspecified atom stereocenters.